The molecule has 0 aliphatic rings. The molecule has 2 N–H and O–H groups in total. The van der Waals surface area contributed by atoms with E-state index in [9.17, 15) is 15.0 Å². The Morgan fingerprint density at radius 3 is 1.41 bits per heavy atom. The number of phenolic OH excluding ortho intramolecular Hbond substituents is 2. The van der Waals surface area contributed by atoms with Gasteiger partial charge in [0.15, 0.2) is 0 Å². The fourth-order valence-electron chi connectivity index (χ4n) is 1.71. The average Bonchev–Trinajstić information content (AvgIpc) is 2.35. The highest BCUT2D eigenvalue weighted by molar-refractivity contribution is 5.68. The minimum Gasteiger partial charge on any atom is -0.508 e. The van der Waals surface area contributed by atoms with Crippen molar-refractivity contribution in [2.24, 2.45) is 0 Å². The average molecular weight is 228 g/mol. The molecule has 0 radical (unpaired) electrons. The number of aldehydes is 1. The summed E-state index contributed by atoms with van der Waals surface area (Å²) < 4.78 is 0. The molecule has 0 aliphatic heterocycles. The maximum atomic E-state index is 11.2. The van der Waals surface area contributed by atoms with Crippen molar-refractivity contribution in [2.45, 2.75) is 5.92 Å². The van der Waals surface area contributed by atoms with E-state index in [1.807, 2.05) is 0 Å². The van der Waals surface area contributed by atoms with Crippen LogP contribution in [-0.4, -0.2) is 16.5 Å². The summed E-state index contributed by atoms with van der Waals surface area (Å²) in [5.41, 5.74) is 1.62. The van der Waals surface area contributed by atoms with Gasteiger partial charge in [0.25, 0.3) is 0 Å². The van der Waals surface area contributed by atoms with Gasteiger partial charge < -0.3 is 15.0 Å². The highest BCUT2D eigenvalue weighted by Crippen LogP contribution is 2.25. The first-order valence-electron chi connectivity index (χ1n) is 5.24. The van der Waals surface area contributed by atoms with Gasteiger partial charge in [-0.1, -0.05) is 24.3 Å². The molecule has 0 amide bonds. The van der Waals surface area contributed by atoms with Crippen LogP contribution in [0.3, 0.4) is 0 Å². The van der Waals surface area contributed by atoms with Gasteiger partial charge in [0, 0.05) is 0 Å². The Morgan fingerprint density at radius 1 is 0.765 bits per heavy atom. The Balaban J connectivity index is 2.36. The number of benzene rings is 2. The molecule has 3 heteroatoms. The minimum absolute atomic E-state index is 0.170. The normalized spacial score (nSPS) is 10.4. The van der Waals surface area contributed by atoms with Crippen LogP contribution >= 0.6 is 0 Å². The Morgan fingerprint density at radius 2 is 1.12 bits per heavy atom. The third-order valence-corrected chi connectivity index (χ3v) is 2.64. The summed E-state index contributed by atoms with van der Waals surface area (Å²) in [6.45, 7) is 0. The number of hydrogen-bond acceptors (Lipinski definition) is 3. The summed E-state index contributed by atoms with van der Waals surface area (Å²) in [5.74, 6) is -0.0376. The van der Waals surface area contributed by atoms with Crippen LogP contribution < -0.4 is 0 Å². The van der Waals surface area contributed by atoms with E-state index in [1.165, 1.54) is 0 Å². The second-order valence-electron chi connectivity index (χ2n) is 3.80. The predicted molar refractivity (Wildman–Crippen MR) is 64.1 cm³/mol. The minimum atomic E-state index is -0.379. The molecule has 0 unspecified atom stereocenters. The zero-order valence-electron chi connectivity index (χ0n) is 9.08. The van der Waals surface area contributed by atoms with Gasteiger partial charge in [-0.15, -0.1) is 0 Å². The Kier molecular flexibility index (Phi) is 3.10. The van der Waals surface area contributed by atoms with Crippen LogP contribution in [-0.2, 0) is 4.79 Å². The lowest BCUT2D eigenvalue weighted by Crippen LogP contribution is -2.01. The lowest BCUT2D eigenvalue weighted by molar-refractivity contribution is -0.108. The van der Waals surface area contributed by atoms with Crippen molar-refractivity contribution in [2.75, 3.05) is 0 Å². The van der Waals surface area contributed by atoms with E-state index in [2.05, 4.69) is 0 Å². The summed E-state index contributed by atoms with van der Waals surface area (Å²) in [5, 5.41) is 18.4. The number of carbonyl (C=O) groups excluding carboxylic acids is 1. The van der Waals surface area contributed by atoms with Crippen LogP contribution in [0.25, 0.3) is 0 Å². The number of phenols is 2. The molecule has 0 saturated heterocycles. The standard InChI is InChI=1S/C14H12O3/c15-9-14(10-1-5-12(16)6-2-10)11-3-7-13(17)8-4-11/h1-9,14,16-17H. The molecule has 0 aromatic heterocycles. The van der Waals surface area contributed by atoms with Gasteiger partial charge in [-0.25, -0.2) is 0 Å². The summed E-state index contributed by atoms with van der Waals surface area (Å²) in [4.78, 5) is 11.2. The van der Waals surface area contributed by atoms with E-state index in [0.717, 1.165) is 17.4 Å². The van der Waals surface area contributed by atoms with Crippen LogP contribution in [0.15, 0.2) is 48.5 Å². The molecule has 0 aliphatic carbocycles. The fourth-order valence-corrected chi connectivity index (χ4v) is 1.71. The molecule has 3 nitrogen and oxygen atoms in total. The van der Waals surface area contributed by atoms with Gasteiger partial charge in [-0.3, -0.25) is 0 Å². The van der Waals surface area contributed by atoms with Crippen LogP contribution in [0.5, 0.6) is 11.5 Å². The second-order valence-corrected chi connectivity index (χ2v) is 3.80. The van der Waals surface area contributed by atoms with Gasteiger partial charge in [0.1, 0.15) is 17.8 Å². The SMILES string of the molecule is O=CC(c1ccc(O)cc1)c1ccc(O)cc1. The maximum Gasteiger partial charge on any atom is 0.131 e. The maximum absolute atomic E-state index is 11.2. The third-order valence-electron chi connectivity index (χ3n) is 2.64. The zero-order chi connectivity index (χ0) is 12.3. The summed E-state index contributed by atoms with van der Waals surface area (Å²) in [6.07, 6.45) is 0.846. The molecule has 0 atom stereocenters. The van der Waals surface area contributed by atoms with Gasteiger partial charge in [-0.05, 0) is 35.4 Å². The van der Waals surface area contributed by atoms with Crippen molar-refractivity contribution in [3.05, 3.63) is 59.7 Å². The topological polar surface area (TPSA) is 57.5 Å². The number of carbonyl (C=O) groups is 1. The van der Waals surface area contributed by atoms with Crippen molar-refractivity contribution in [1.82, 2.24) is 0 Å². The highest BCUT2D eigenvalue weighted by Gasteiger charge is 2.12. The number of rotatable bonds is 3. The Hall–Kier alpha value is -2.29. The summed E-state index contributed by atoms with van der Waals surface area (Å²) in [7, 11) is 0. The molecular weight excluding hydrogens is 216 g/mol. The molecule has 0 spiro atoms. The van der Waals surface area contributed by atoms with E-state index in [1.54, 1.807) is 48.5 Å². The molecule has 0 bridgehead atoms. The first-order chi connectivity index (χ1) is 8.20. The molecular formula is C14H12O3. The largest absolute Gasteiger partial charge is 0.508 e. The smallest absolute Gasteiger partial charge is 0.131 e. The summed E-state index contributed by atoms with van der Waals surface area (Å²) in [6, 6.07) is 13.0. The monoisotopic (exact) mass is 228 g/mol. The number of aromatic hydroxyl groups is 2. The molecule has 2 aromatic carbocycles. The van der Waals surface area contributed by atoms with Gasteiger partial charge in [-0.2, -0.15) is 0 Å². The quantitative estimate of drug-likeness (QED) is 0.793. The molecule has 0 fully saturated rings. The van der Waals surface area contributed by atoms with E-state index in [-0.39, 0.29) is 17.4 Å². The molecule has 2 aromatic rings. The first-order valence-corrected chi connectivity index (χ1v) is 5.24. The molecule has 2 rings (SSSR count). The van der Waals surface area contributed by atoms with Crippen molar-refractivity contribution in [1.29, 1.82) is 0 Å². The Labute approximate surface area is 99.0 Å². The fraction of sp³-hybridized carbons (Fsp3) is 0.0714. The van der Waals surface area contributed by atoms with Crippen molar-refractivity contribution < 1.29 is 15.0 Å². The predicted octanol–water partition coefficient (Wildman–Crippen LogP) is 2.43. The number of hydrogen-bond donors (Lipinski definition) is 2. The van der Waals surface area contributed by atoms with Crippen molar-refractivity contribution in [3.63, 3.8) is 0 Å². The van der Waals surface area contributed by atoms with Crippen molar-refractivity contribution in [3.8, 4) is 11.5 Å². The van der Waals surface area contributed by atoms with Gasteiger partial charge >= 0.3 is 0 Å². The lowest BCUT2D eigenvalue weighted by atomic mass is 9.92. The molecule has 86 valence electrons. The molecule has 0 heterocycles. The second kappa shape index (κ2) is 4.70. The van der Waals surface area contributed by atoms with Crippen LogP contribution in [0.2, 0.25) is 0 Å². The van der Waals surface area contributed by atoms with Crippen molar-refractivity contribution >= 4 is 6.29 Å². The Bertz CT molecular complexity index is 454. The van der Waals surface area contributed by atoms with E-state index in [4.69, 9.17) is 0 Å². The zero-order valence-corrected chi connectivity index (χ0v) is 9.08. The van der Waals surface area contributed by atoms with Gasteiger partial charge in [0.05, 0.1) is 5.92 Å². The first kappa shape index (κ1) is 11.2. The van der Waals surface area contributed by atoms with Crippen LogP contribution in [0.1, 0.15) is 17.0 Å². The highest BCUT2D eigenvalue weighted by atomic mass is 16.3. The lowest BCUT2D eigenvalue weighted by Gasteiger charge is -2.11. The third kappa shape index (κ3) is 2.45. The van der Waals surface area contributed by atoms with E-state index >= 15 is 0 Å². The van der Waals surface area contributed by atoms with Crippen LogP contribution in [0, 0.1) is 0 Å². The van der Waals surface area contributed by atoms with E-state index < -0.39 is 0 Å². The van der Waals surface area contributed by atoms with Crippen LogP contribution in [0.4, 0.5) is 0 Å². The molecule has 17 heavy (non-hydrogen) atoms. The van der Waals surface area contributed by atoms with Gasteiger partial charge in [0.2, 0.25) is 0 Å². The van der Waals surface area contributed by atoms with E-state index in [0.29, 0.717) is 0 Å². The summed E-state index contributed by atoms with van der Waals surface area (Å²) >= 11 is 0. The molecule has 0 saturated carbocycles.